The van der Waals surface area contributed by atoms with E-state index in [1.54, 1.807) is 0 Å². The van der Waals surface area contributed by atoms with Gasteiger partial charge in [0.2, 0.25) is 0 Å². The molecule has 0 atom stereocenters. The van der Waals surface area contributed by atoms with Crippen molar-refractivity contribution in [3.8, 4) is 11.1 Å². The van der Waals surface area contributed by atoms with Gasteiger partial charge in [0.25, 0.3) is 0 Å². The molecule has 1 nitrogen and oxygen atoms in total. The molecule has 152 valence electrons. The van der Waals surface area contributed by atoms with Gasteiger partial charge in [-0.25, -0.2) is 0 Å². The molecule has 0 saturated heterocycles. The van der Waals surface area contributed by atoms with Gasteiger partial charge in [0.1, 0.15) is 11.2 Å². The maximum Gasteiger partial charge on any atom is 0.143 e. The minimum absolute atomic E-state index is 0.939. The predicted octanol–water partition coefficient (Wildman–Crippen LogP) is 9.30. The Hall–Kier alpha value is -4.36. The van der Waals surface area contributed by atoms with Gasteiger partial charge >= 0.3 is 0 Å². The third kappa shape index (κ3) is 2.26. The second kappa shape index (κ2) is 6.11. The van der Waals surface area contributed by atoms with Gasteiger partial charge in [0.05, 0.1) is 0 Å². The molecule has 1 aromatic heterocycles. The fourth-order valence-electron chi connectivity index (χ4n) is 5.67. The fourth-order valence-corrected chi connectivity index (χ4v) is 5.67. The van der Waals surface area contributed by atoms with Crippen molar-refractivity contribution in [1.82, 2.24) is 0 Å². The first-order valence-electron chi connectivity index (χ1n) is 11.4. The van der Waals surface area contributed by atoms with E-state index < -0.39 is 0 Å². The summed E-state index contributed by atoms with van der Waals surface area (Å²) < 4.78 is 6.54. The third-order valence-electron chi connectivity index (χ3n) is 7.18. The molecule has 0 aliphatic rings. The Bertz CT molecular complexity index is 2010. The van der Waals surface area contributed by atoms with Crippen LogP contribution in [0, 0.1) is 0 Å². The largest absolute Gasteiger partial charge is 0.455 e. The van der Waals surface area contributed by atoms with Crippen molar-refractivity contribution in [1.29, 1.82) is 0 Å². The summed E-state index contributed by atoms with van der Waals surface area (Å²) >= 11 is 0. The Balaban J connectivity index is 1.50. The topological polar surface area (TPSA) is 13.1 Å². The number of benzene rings is 7. The van der Waals surface area contributed by atoms with E-state index in [1.807, 2.05) is 0 Å². The summed E-state index contributed by atoms with van der Waals surface area (Å²) in [5, 5.41) is 12.6. The molecule has 0 aliphatic carbocycles. The summed E-state index contributed by atoms with van der Waals surface area (Å²) in [6.07, 6.45) is 0. The Labute approximate surface area is 189 Å². The summed E-state index contributed by atoms with van der Waals surface area (Å²) in [5.74, 6) is 0. The minimum Gasteiger partial charge on any atom is -0.455 e. The quantitative estimate of drug-likeness (QED) is 0.242. The monoisotopic (exact) mass is 418 g/mol. The van der Waals surface area contributed by atoms with E-state index in [9.17, 15) is 0 Å². The summed E-state index contributed by atoms with van der Waals surface area (Å²) in [4.78, 5) is 0. The van der Waals surface area contributed by atoms with E-state index in [0.717, 1.165) is 16.7 Å². The van der Waals surface area contributed by atoms with E-state index >= 15 is 0 Å². The van der Waals surface area contributed by atoms with Gasteiger partial charge in [-0.2, -0.15) is 0 Å². The molecule has 0 radical (unpaired) electrons. The number of hydrogen-bond donors (Lipinski definition) is 0. The Morgan fingerprint density at radius 3 is 1.91 bits per heavy atom. The van der Waals surface area contributed by atoms with Gasteiger partial charge in [-0.05, 0) is 60.8 Å². The molecule has 8 rings (SSSR count). The summed E-state index contributed by atoms with van der Waals surface area (Å²) in [7, 11) is 0. The van der Waals surface area contributed by atoms with Crippen molar-refractivity contribution in [3.63, 3.8) is 0 Å². The lowest BCUT2D eigenvalue weighted by Gasteiger charge is -2.14. The third-order valence-corrected chi connectivity index (χ3v) is 7.18. The predicted molar refractivity (Wildman–Crippen MR) is 140 cm³/mol. The van der Waals surface area contributed by atoms with Gasteiger partial charge in [-0.15, -0.1) is 0 Å². The summed E-state index contributed by atoms with van der Waals surface area (Å²) in [5.41, 5.74) is 4.26. The van der Waals surface area contributed by atoms with Crippen molar-refractivity contribution in [3.05, 3.63) is 109 Å². The molecule has 0 fully saturated rings. The Morgan fingerprint density at radius 1 is 0.394 bits per heavy atom. The second-order valence-corrected chi connectivity index (χ2v) is 8.95. The van der Waals surface area contributed by atoms with Gasteiger partial charge in [-0.1, -0.05) is 97.1 Å². The molecular weight excluding hydrogens is 400 g/mol. The molecule has 1 heteroatoms. The van der Waals surface area contributed by atoms with Crippen LogP contribution in [0.2, 0.25) is 0 Å². The van der Waals surface area contributed by atoms with Crippen molar-refractivity contribution < 1.29 is 4.42 Å². The van der Waals surface area contributed by atoms with Crippen LogP contribution < -0.4 is 0 Å². The molecular formula is C32H18O. The van der Waals surface area contributed by atoms with Gasteiger partial charge in [-0.3, -0.25) is 0 Å². The van der Waals surface area contributed by atoms with Crippen molar-refractivity contribution >= 4 is 65.0 Å². The van der Waals surface area contributed by atoms with E-state index in [-0.39, 0.29) is 0 Å². The molecule has 7 aromatic carbocycles. The fraction of sp³-hybridized carbons (Fsp3) is 0. The molecule has 0 unspecified atom stereocenters. The van der Waals surface area contributed by atoms with Crippen LogP contribution in [-0.2, 0) is 0 Å². The molecule has 1 heterocycles. The van der Waals surface area contributed by atoms with Crippen LogP contribution in [0.15, 0.2) is 114 Å². The number of furan rings is 1. The van der Waals surface area contributed by atoms with E-state index in [0.29, 0.717) is 0 Å². The first-order valence-corrected chi connectivity index (χ1v) is 11.4. The molecule has 0 amide bonds. The van der Waals surface area contributed by atoms with Crippen LogP contribution >= 0.6 is 0 Å². The van der Waals surface area contributed by atoms with Crippen LogP contribution in [0.1, 0.15) is 0 Å². The molecule has 0 bridgehead atoms. The van der Waals surface area contributed by atoms with Crippen molar-refractivity contribution in [2.45, 2.75) is 0 Å². The smallest absolute Gasteiger partial charge is 0.143 e. The van der Waals surface area contributed by atoms with Gasteiger partial charge < -0.3 is 4.42 Å². The molecule has 0 spiro atoms. The normalized spacial score (nSPS) is 12.2. The highest BCUT2D eigenvalue weighted by Gasteiger charge is 2.17. The van der Waals surface area contributed by atoms with Crippen molar-refractivity contribution in [2.75, 3.05) is 0 Å². The van der Waals surface area contributed by atoms with Gasteiger partial charge in [0.15, 0.2) is 0 Å². The maximum atomic E-state index is 6.54. The lowest BCUT2D eigenvalue weighted by Crippen LogP contribution is -1.87. The lowest BCUT2D eigenvalue weighted by molar-refractivity contribution is 0.670. The summed E-state index contributed by atoms with van der Waals surface area (Å²) in [6, 6.07) is 39.5. The zero-order valence-corrected chi connectivity index (χ0v) is 17.8. The molecule has 8 aromatic rings. The number of rotatable bonds is 1. The second-order valence-electron chi connectivity index (χ2n) is 8.95. The number of fused-ring (bicyclic) bond motifs is 4. The number of para-hydroxylation sites is 1. The Kier molecular flexibility index (Phi) is 3.19. The van der Waals surface area contributed by atoms with Gasteiger partial charge in [0, 0.05) is 16.3 Å². The van der Waals surface area contributed by atoms with E-state index in [2.05, 4.69) is 109 Å². The highest BCUT2D eigenvalue weighted by Crippen LogP contribution is 2.43. The molecule has 0 N–H and O–H groups in total. The van der Waals surface area contributed by atoms with E-state index in [4.69, 9.17) is 4.42 Å². The van der Waals surface area contributed by atoms with Crippen LogP contribution in [0.3, 0.4) is 0 Å². The minimum atomic E-state index is 0.939. The Morgan fingerprint density at radius 2 is 1.06 bits per heavy atom. The van der Waals surface area contributed by atoms with Crippen LogP contribution in [0.5, 0.6) is 0 Å². The first kappa shape index (κ1) is 17.2. The van der Waals surface area contributed by atoms with Crippen LogP contribution in [0.4, 0.5) is 0 Å². The standard InChI is InChI=1S/C32H18O/c1-2-6-23-18-29-28(17-22(23)5-1)27-10-4-9-26(32(27)33-29)24-15-13-21-12-11-19-7-3-8-20-14-16-25(24)31(21)30(19)20/h1-18H. The average Bonchev–Trinajstić information content (AvgIpc) is 3.23. The average molecular weight is 418 g/mol. The number of hydrogen-bond acceptors (Lipinski definition) is 1. The molecule has 33 heavy (non-hydrogen) atoms. The summed E-state index contributed by atoms with van der Waals surface area (Å²) in [6.45, 7) is 0. The van der Waals surface area contributed by atoms with E-state index in [1.165, 1.54) is 59.4 Å². The van der Waals surface area contributed by atoms with Crippen LogP contribution in [0.25, 0.3) is 76.2 Å². The maximum absolute atomic E-state index is 6.54. The molecule has 0 saturated carbocycles. The highest BCUT2D eigenvalue weighted by molar-refractivity contribution is 6.26. The first-order chi connectivity index (χ1) is 16.3. The zero-order chi connectivity index (χ0) is 21.5. The molecule has 0 aliphatic heterocycles. The van der Waals surface area contributed by atoms with Crippen LogP contribution in [-0.4, -0.2) is 0 Å². The lowest BCUT2D eigenvalue weighted by atomic mass is 9.89. The van der Waals surface area contributed by atoms with Crippen molar-refractivity contribution in [2.24, 2.45) is 0 Å². The highest BCUT2D eigenvalue weighted by atomic mass is 16.3. The SMILES string of the molecule is c1ccc2cc3c(cc2c1)oc1c(-c2ccc4ccc5cccc6ccc2c4c56)cccc13. The zero-order valence-electron chi connectivity index (χ0n) is 17.8.